The molecule has 22 heavy (non-hydrogen) atoms. The molecule has 1 aromatic rings. The summed E-state index contributed by atoms with van der Waals surface area (Å²) in [5, 5.41) is 8.87. The Balaban J connectivity index is 2.16. The summed E-state index contributed by atoms with van der Waals surface area (Å²) in [4.78, 5) is 25.3. The molecule has 1 N–H and O–H groups in total. The van der Waals surface area contributed by atoms with Gasteiger partial charge in [0.2, 0.25) is 0 Å². The molecule has 1 amide bonds. The SMILES string of the molecule is COC(C)(C(=O)N1CCOC(CC(=O)O)C1)c1ccccc1. The number of benzene rings is 1. The van der Waals surface area contributed by atoms with Crippen molar-refractivity contribution in [2.24, 2.45) is 0 Å². The number of morpholine rings is 1. The van der Waals surface area contributed by atoms with Gasteiger partial charge in [-0.2, -0.15) is 0 Å². The standard InChI is InChI=1S/C16H21NO5/c1-16(21-2,12-6-4-3-5-7-12)15(20)17-8-9-22-13(11-17)10-14(18)19/h3-7,13H,8-11H2,1-2H3,(H,18,19). The van der Waals surface area contributed by atoms with E-state index in [1.54, 1.807) is 11.8 Å². The number of methoxy groups -OCH3 is 1. The number of carboxylic acid groups (broad SMARTS) is 1. The molecule has 1 aliphatic heterocycles. The molecule has 2 unspecified atom stereocenters. The van der Waals surface area contributed by atoms with Crippen molar-refractivity contribution >= 4 is 11.9 Å². The second-order valence-corrected chi connectivity index (χ2v) is 5.45. The fourth-order valence-electron chi connectivity index (χ4n) is 2.61. The maximum Gasteiger partial charge on any atom is 0.306 e. The lowest BCUT2D eigenvalue weighted by Gasteiger charge is -2.38. The molecule has 0 aliphatic carbocycles. The van der Waals surface area contributed by atoms with Crippen LogP contribution in [0.5, 0.6) is 0 Å². The Bertz CT molecular complexity index is 533. The summed E-state index contributed by atoms with van der Waals surface area (Å²) < 4.78 is 10.9. The van der Waals surface area contributed by atoms with E-state index in [0.717, 1.165) is 5.56 Å². The van der Waals surface area contributed by atoms with E-state index in [-0.39, 0.29) is 18.9 Å². The maximum absolute atomic E-state index is 12.9. The number of carbonyl (C=O) groups is 2. The number of amides is 1. The van der Waals surface area contributed by atoms with Gasteiger partial charge in [0.05, 0.1) is 19.1 Å². The highest BCUT2D eigenvalue weighted by atomic mass is 16.5. The van der Waals surface area contributed by atoms with Gasteiger partial charge in [-0.25, -0.2) is 0 Å². The molecule has 6 heteroatoms. The smallest absolute Gasteiger partial charge is 0.306 e. The predicted octanol–water partition coefficient (Wildman–Crippen LogP) is 1.25. The third kappa shape index (κ3) is 3.45. The van der Waals surface area contributed by atoms with Crippen LogP contribution in [-0.4, -0.2) is 54.8 Å². The number of hydrogen-bond acceptors (Lipinski definition) is 4. The predicted molar refractivity (Wildman–Crippen MR) is 79.4 cm³/mol. The minimum atomic E-state index is -1.09. The number of nitrogens with zero attached hydrogens (tertiary/aromatic N) is 1. The van der Waals surface area contributed by atoms with Crippen molar-refractivity contribution in [1.29, 1.82) is 0 Å². The molecule has 0 saturated carbocycles. The van der Waals surface area contributed by atoms with Gasteiger partial charge in [0.1, 0.15) is 0 Å². The highest BCUT2D eigenvalue weighted by molar-refractivity contribution is 5.86. The fourth-order valence-corrected chi connectivity index (χ4v) is 2.61. The average Bonchev–Trinajstić information content (AvgIpc) is 2.54. The number of hydrogen-bond donors (Lipinski definition) is 1. The Kier molecular flexibility index (Phi) is 5.15. The molecule has 2 rings (SSSR count). The van der Waals surface area contributed by atoms with E-state index >= 15 is 0 Å². The van der Waals surface area contributed by atoms with E-state index in [4.69, 9.17) is 14.6 Å². The summed E-state index contributed by atoms with van der Waals surface area (Å²) in [5.41, 5.74) is -0.324. The molecule has 1 saturated heterocycles. The summed E-state index contributed by atoms with van der Waals surface area (Å²) in [7, 11) is 1.50. The molecule has 1 aliphatic rings. The lowest BCUT2D eigenvalue weighted by molar-refractivity contribution is -0.163. The van der Waals surface area contributed by atoms with Gasteiger partial charge in [0, 0.05) is 20.2 Å². The van der Waals surface area contributed by atoms with Crippen LogP contribution in [0, 0.1) is 0 Å². The topological polar surface area (TPSA) is 76.1 Å². The van der Waals surface area contributed by atoms with Gasteiger partial charge in [-0.15, -0.1) is 0 Å². The Morgan fingerprint density at radius 2 is 2.09 bits per heavy atom. The number of ether oxygens (including phenoxy) is 2. The molecule has 1 fully saturated rings. The van der Waals surface area contributed by atoms with E-state index in [2.05, 4.69) is 0 Å². The van der Waals surface area contributed by atoms with Crippen LogP contribution in [0.2, 0.25) is 0 Å². The van der Waals surface area contributed by atoms with Crippen molar-refractivity contribution in [1.82, 2.24) is 4.90 Å². The summed E-state index contributed by atoms with van der Waals surface area (Å²) in [6, 6.07) is 9.27. The first-order valence-electron chi connectivity index (χ1n) is 7.21. The zero-order chi connectivity index (χ0) is 16.2. The molecule has 0 bridgehead atoms. The van der Waals surface area contributed by atoms with Crippen LogP contribution in [-0.2, 0) is 24.7 Å². The second-order valence-electron chi connectivity index (χ2n) is 5.45. The molecule has 1 heterocycles. The average molecular weight is 307 g/mol. The van der Waals surface area contributed by atoms with Crippen molar-refractivity contribution in [3.63, 3.8) is 0 Å². The first kappa shape index (κ1) is 16.5. The van der Waals surface area contributed by atoms with E-state index in [0.29, 0.717) is 13.2 Å². The lowest BCUT2D eigenvalue weighted by atomic mass is 9.93. The summed E-state index contributed by atoms with van der Waals surface area (Å²) in [6.45, 7) is 2.75. The molecule has 0 spiro atoms. The third-order valence-electron chi connectivity index (χ3n) is 3.97. The van der Waals surface area contributed by atoms with Crippen molar-refractivity contribution in [2.45, 2.75) is 25.0 Å². The quantitative estimate of drug-likeness (QED) is 0.886. The maximum atomic E-state index is 12.9. The van der Waals surface area contributed by atoms with E-state index in [9.17, 15) is 9.59 Å². The number of carboxylic acids is 1. The Hall–Kier alpha value is -1.92. The second kappa shape index (κ2) is 6.89. The van der Waals surface area contributed by atoms with Gasteiger partial charge in [-0.05, 0) is 12.5 Å². The Morgan fingerprint density at radius 1 is 1.41 bits per heavy atom. The van der Waals surface area contributed by atoms with Crippen LogP contribution in [0.25, 0.3) is 0 Å². The normalized spacial score (nSPS) is 21.2. The van der Waals surface area contributed by atoms with Gasteiger partial charge >= 0.3 is 5.97 Å². The highest BCUT2D eigenvalue weighted by Crippen LogP contribution is 2.28. The molecule has 120 valence electrons. The van der Waals surface area contributed by atoms with Crippen LogP contribution >= 0.6 is 0 Å². The Labute approximate surface area is 129 Å². The molecule has 6 nitrogen and oxygen atoms in total. The first-order valence-corrected chi connectivity index (χ1v) is 7.21. The van der Waals surface area contributed by atoms with Gasteiger partial charge in [0.15, 0.2) is 5.60 Å². The van der Waals surface area contributed by atoms with Crippen molar-refractivity contribution in [3.05, 3.63) is 35.9 Å². The van der Waals surface area contributed by atoms with Crippen molar-refractivity contribution in [2.75, 3.05) is 26.8 Å². The van der Waals surface area contributed by atoms with Gasteiger partial charge in [0.25, 0.3) is 5.91 Å². The lowest BCUT2D eigenvalue weighted by Crippen LogP contribution is -2.53. The fraction of sp³-hybridized carbons (Fsp3) is 0.500. The van der Waals surface area contributed by atoms with Crippen LogP contribution in [0.3, 0.4) is 0 Å². The third-order valence-corrected chi connectivity index (χ3v) is 3.97. The molecule has 0 radical (unpaired) electrons. The van der Waals surface area contributed by atoms with Crippen LogP contribution in [0.4, 0.5) is 0 Å². The van der Waals surface area contributed by atoms with Gasteiger partial charge in [-0.1, -0.05) is 30.3 Å². The van der Waals surface area contributed by atoms with Gasteiger partial charge < -0.3 is 19.5 Å². The van der Waals surface area contributed by atoms with Crippen LogP contribution < -0.4 is 0 Å². The van der Waals surface area contributed by atoms with Gasteiger partial charge in [-0.3, -0.25) is 9.59 Å². The number of rotatable bonds is 5. The minimum absolute atomic E-state index is 0.112. The molecule has 2 atom stereocenters. The highest BCUT2D eigenvalue weighted by Gasteiger charge is 2.40. The van der Waals surface area contributed by atoms with E-state index < -0.39 is 17.7 Å². The number of carbonyl (C=O) groups excluding carboxylic acids is 1. The summed E-state index contributed by atoms with van der Waals surface area (Å²) >= 11 is 0. The van der Waals surface area contributed by atoms with Crippen LogP contribution in [0.1, 0.15) is 18.9 Å². The van der Waals surface area contributed by atoms with E-state index in [1.165, 1.54) is 7.11 Å². The molecule has 1 aromatic carbocycles. The first-order chi connectivity index (χ1) is 10.5. The van der Waals surface area contributed by atoms with Crippen molar-refractivity contribution < 1.29 is 24.2 Å². The number of aliphatic carboxylic acids is 1. The molecular formula is C16H21NO5. The van der Waals surface area contributed by atoms with Crippen LogP contribution in [0.15, 0.2) is 30.3 Å². The summed E-state index contributed by atoms with van der Waals surface area (Å²) in [6.07, 6.45) is -0.592. The molecular weight excluding hydrogens is 286 g/mol. The summed E-state index contributed by atoms with van der Waals surface area (Å²) in [5.74, 6) is -1.11. The minimum Gasteiger partial charge on any atom is -0.481 e. The van der Waals surface area contributed by atoms with Crippen molar-refractivity contribution in [3.8, 4) is 0 Å². The molecule has 0 aromatic heterocycles. The monoisotopic (exact) mass is 307 g/mol. The zero-order valence-electron chi connectivity index (χ0n) is 12.8. The Morgan fingerprint density at radius 3 is 2.68 bits per heavy atom. The zero-order valence-corrected chi connectivity index (χ0v) is 12.8. The van der Waals surface area contributed by atoms with E-state index in [1.807, 2.05) is 30.3 Å². The largest absolute Gasteiger partial charge is 0.481 e.